The first-order valence-electron chi connectivity index (χ1n) is 9.83. The number of hydrogen-bond donors (Lipinski definition) is 2. The Hall–Kier alpha value is -1.07. The monoisotopic (exact) mass is 564 g/mol. The topological polar surface area (TPSA) is 58.1 Å². The Kier molecular flexibility index (Phi) is 11.2. The smallest absolute Gasteiger partial charge is 0.191 e. The first-order chi connectivity index (χ1) is 14.2. The van der Waals surface area contributed by atoms with Gasteiger partial charge in [-0.05, 0) is 35.6 Å². The number of rotatable bonds is 8. The summed E-state index contributed by atoms with van der Waals surface area (Å²) >= 11 is 8.13. The molecular weight excluding hydrogens is 535 g/mol. The summed E-state index contributed by atoms with van der Waals surface area (Å²) in [6.45, 7) is 5.02. The van der Waals surface area contributed by atoms with E-state index in [-0.39, 0.29) is 24.0 Å². The largest absolute Gasteiger partial charge is 0.497 e. The molecule has 2 N–H and O–H groups in total. The van der Waals surface area contributed by atoms with Crippen molar-refractivity contribution in [3.05, 3.63) is 51.2 Å². The van der Waals surface area contributed by atoms with Crippen LogP contribution in [0.15, 0.2) is 40.7 Å². The number of benzene rings is 1. The first-order valence-corrected chi connectivity index (χ1v) is 11.1. The van der Waals surface area contributed by atoms with E-state index in [1.807, 2.05) is 18.2 Å². The third-order valence-electron chi connectivity index (χ3n) is 4.99. The van der Waals surface area contributed by atoms with E-state index in [1.54, 1.807) is 25.5 Å². The zero-order valence-corrected chi connectivity index (χ0v) is 21.3. The third kappa shape index (κ3) is 7.26. The predicted octanol–water partition coefficient (Wildman–Crippen LogP) is 3.81. The van der Waals surface area contributed by atoms with Crippen molar-refractivity contribution in [2.24, 2.45) is 4.99 Å². The molecule has 0 saturated carbocycles. The van der Waals surface area contributed by atoms with E-state index < -0.39 is 0 Å². The Bertz CT molecular complexity index is 785. The summed E-state index contributed by atoms with van der Waals surface area (Å²) in [5, 5.41) is 9.73. The minimum absolute atomic E-state index is 0. The van der Waals surface area contributed by atoms with Gasteiger partial charge in [-0.3, -0.25) is 9.89 Å². The second-order valence-electron chi connectivity index (χ2n) is 6.77. The zero-order chi connectivity index (χ0) is 20.5. The highest BCUT2D eigenvalue weighted by Gasteiger charge is 2.23. The third-order valence-corrected chi connectivity index (χ3v) is 6.32. The fourth-order valence-corrected chi connectivity index (χ4v) is 4.49. The summed E-state index contributed by atoms with van der Waals surface area (Å²) in [4.78, 5) is 8.21. The number of guanidine groups is 1. The SMILES string of the molecule is CN=C(NCCc1ccc(OC)cc1Cl)NCC(c1cccs1)N1CCOCC1.I. The molecule has 0 bridgehead atoms. The Morgan fingerprint density at radius 3 is 2.73 bits per heavy atom. The van der Waals surface area contributed by atoms with Crippen molar-refractivity contribution >= 4 is 52.9 Å². The molecule has 30 heavy (non-hydrogen) atoms. The van der Waals surface area contributed by atoms with Crippen molar-refractivity contribution in [2.45, 2.75) is 12.5 Å². The van der Waals surface area contributed by atoms with Crippen LogP contribution in [0.1, 0.15) is 16.5 Å². The molecule has 2 heterocycles. The van der Waals surface area contributed by atoms with E-state index in [9.17, 15) is 0 Å². The minimum atomic E-state index is 0. The lowest BCUT2D eigenvalue weighted by Crippen LogP contribution is -2.46. The van der Waals surface area contributed by atoms with E-state index in [1.165, 1.54) is 4.88 Å². The highest BCUT2D eigenvalue weighted by Crippen LogP contribution is 2.25. The molecule has 9 heteroatoms. The molecule has 0 radical (unpaired) electrons. The van der Waals surface area contributed by atoms with E-state index in [0.717, 1.165) is 68.1 Å². The fourth-order valence-electron chi connectivity index (χ4n) is 3.37. The van der Waals surface area contributed by atoms with Crippen LogP contribution in [0.2, 0.25) is 5.02 Å². The van der Waals surface area contributed by atoms with Crippen molar-refractivity contribution in [2.75, 3.05) is 53.6 Å². The lowest BCUT2D eigenvalue weighted by molar-refractivity contribution is 0.0177. The molecule has 1 atom stereocenters. The van der Waals surface area contributed by atoms with Crippen LogP contribution in [0.5, 0.6) is 5.75 Å². The van der Waals surface area contributed by atoms with Crippen LogP contribution in [0, 0.1) is 0 Å². The Labute approximate surface area is 205 Å². The van der Waals surface area contributed by atoms with Crippen LogP contribution >= 0.6 is 46.9 Å². The quantitative estimate of drug-likeness (QED) is 0.290. The molecule has 1 unspecified atom stereocenters. The fraction of sp³-hybridized carbons (Fsp3) is 0.476. The van der Waals surface area contributed by atoms with Gasteiger partial charge < -0.3 is 20.1 Å². The second kappa shape index (κ2) is 13.4. The van der Waals surface area contributed by atoms with Crippen LogP contribution in [0.25, 0.3) is 0 Å². The molecule has 3 rings (SSSR count). The standard InChI is InChI=1S/C21H29ClN4O2S.HI/c1-23-21(24-8-7-16-5-6-17(27-2)14-18(16)22)25-15-19(20-4-3-13-29-20)26-9-11-28-12-10-26;/h3-6,13-14,19H,7-12,15H2,1-2H3,(H2,23,24,25);1H. The molecule has 2 aromatic rings. The highest BCUT2D eigenvalue weighted by molar-refractivity contribution is 14.0. The average molecular weight is 565 g/mol. The van der Waals surface area contributed by atoms with Crippen molar-refractivity contribution in [1.82, 2.24) is 15.5 Å². The molecule has 166 valence electrons. The number of nitrogens with zero attached hydrogens (tertiary/aromatic N) is 2. The Morgan fingerprint density at radius 2 is 2.10 bits per heavy atom. The van der Waals surface area contributed by atoms with Crippen LogP contribution in [-0.4, -0.2) is 64.4 Å². The number of thiophene rings is 1. The molecule has 1 aliphatic heterocycles. The average Bonchev–Trinajstić information content (AvgIpc) is 3.29. The molecule has 0 spiro atoms. The van der Waals surface area contributed by atoms with Gasteiger partial charge in [-0.25, -0.2) is 0 Å². The maximum atomic E-state index is 6.33. The van der Waals surface area contributed by atoms with Crippen LogP contribution in [-0.2, 0) is 11.2 Å². The molecule has 0 aliphatic carbocycles. The molecule has 1 aliphatic rings. The van der Waals surface area contributed by atoms with Gasteiger partial charge in [0, 0.05) is 43.1 Å². The number of aliphatic imine (C=N–C) groups is 1. The van der Waals surface area contributed by atoms with Gasteiger partial charge in [0.2, 0.25) is 0 Å². The summed E-state index contributed by atoms with van der Waals surface area (Å²) in [6, 6.07) is 10.4. The molecule has 1 saturated heterocycles. The van der Waals surface area contributed by atoms with Crippen molar-refractivity contribution in [3.8, 4) is 5.75 Å². The number of methoxy groups -OCH3 is 1. The highest BCUT2D eigenvalue weighted by atomic mass is 127. The number of ether oxygens (including phenoxy) is 2. The summed E-state index contributed by atoms with van der Waals surface area (Å²) in [6.07, 6.45) is 0.807. The lowest BCUT2D eigenvalue weighted by Gasteiger charge is -2.34. The maximum absolute atomic E-state index is 6.33. The lowest BCUT2D eigenvalue weighted by atomic mass is 10.1. The molecule has 1 aromatic heterocycles. The van der Waals surface area contributed by atoms with Gasteiger partial charge in [0.1, 0.15) is 5.75 Å². The van der Waals surface area contributed by atoms with E-state index in [2.05, 4.69) is 38.0 Å². The zero-order valence-electron chi connectivity index (χ0n) is 17.4. The Morgan fingerprint density at radius 1 is 1.30 bits per heavy atom. The number of halogens is 2. The van der Waals surface area contributed by atoms with Gasteiger partial charge in [-0.15, -0.1) is 35.3 Å². The number of nitrogens with one attached hydrogen (secondary N) is 2. The summed E-state index contributed by atoms with van der Waals surface area (Å²) < 4.78 is 10.7. The van der Waals surface area contributed by atoms with Crippen LogP contribution in [0.3, 0.4) is 0 Å². The minimum Gasteiger partial charge on any atom is -0.497 e. The molecule has 1 aromatic carbocycles. The first kappa shape index (κ1) is 25.2. The van der Waals surface area contributed by atoms with Crippen LogP contribution in [0.4, 0.5) is 0 Å². The number of hydrogen-bond acceptors (Lipinski definition) is 5. The Balaban J connectivity index is 0.00000320. The van der Waals surface area contributed by atoms with Gasteiger partial charge in [0.05, 0.1) is 26.4 Å². The predicted molar refractivity (Wildman–Crippen MR) is 136 cm³/mol. The summed E-state index contributed by atoms with van der Waals surface area (Å²) in [7, 11) is 3.44. The van der Waals surface area contributed by atoms with E-state index >= 15 is 0 Å². The van der Waals surface area contributed by atoms with Gasteiger partial charge in [-0.2, -0.15) is 0 Å². The van der Waals surface area contributed by atoms with Crippen molar-refractivity contribution < 1.29 is 9.47 Å². The van der Waals surface area contributed by atoms with Crippen molar-refractivity contribution in [3.63, 3.8) is 0 Å². The van der Waals surface area contributed by atoms with Crippen LogP contribution < -0.4 is 15.4 Å². The molecular formula is C21H30ClIN4O2S. The second-order valence-corrected chi connectivity index (χ2v) is 8.15. The number of morpholine rings is 1. The van der Waals surface area contributed by atoms with Gasteiger partial charge in [0.15, 0.2) is 5.96 Å². The van der Waals surface area contributed by atoms with Crippen molar-refractivity contribution in [1.29, 1.82) is 0 Å². The van der Waals surface area contributed by atoms with Gasteiger partial charge in [-0.1, -0.05) is 23.7 Å². The van der Waals surface area contributed by atoms with Gasteiger partial charge in [0.25, 0.3) is 0 Å². The maximum Gasteiger partial charge on any atom is 0.191 e. The van der Waals surface area contributed by atoms with E-state index in [4.69, 9.17) is 21.1 Å². The molecule has 0 amide bonds. The summed E-state index contributed by atoms with van der Waals surface area (Å²) in [5.41, 5.74) is 1.08. The van der Waals surface area contributed by atoms with Gasteiger partial charge >= 0.3 is 0 Å². The summed E-state index contributed by atoms with van der Waals surface area (Å²) in [5.74, 6) is 1.57. The molecule has 6 nitrogen and oxygen atoms in total. The van der Waals surface area contributed by atoms with E-state index in [0.29, 0.717) is 6.04 Å². The molecule has 1 fully saturated rings. The normalized spacial score (nSPS) is 15.9.